The van der Waals surface area contributed by atoms with Gasteiger partial charge in [-0.2, -0.15) is 0 Å². The third-order valence-electron chi connectivity index (χ3n) is 5.93. The fraction of sp³-hybridized carbons (Fsp3) is 0.808. The molecule has 2 atom stereocenters. The Balaban J connectivity index is 0.000000279. The van der Waals surface area contributed by atoms with Crippen molar-refractivity contribution in [2.75, 3.05) is 53.4 Å². The number of carbonyl (C=O) groups is 1. The summed E-state index contributed by atoms with van der Waals surface area (Å²) in [5, 5.41) is 0. The molecule has 5 nitrogen and oxygen atoms in total. The van der Waals surface area contributed by atoms with Crippen molar-refractivity contribution in [2.24, 2.45) is 11.8 Å². The number of likely N-dealkylation sites (N-methyl/N-ethyl adjacent to an activating group) is 1. The van der Waals surface area contributed by atoms with Crippen molar-refractivity contribution in [3.63, 3.8) is 0 Å². The summed E-state index contributed by atoms with van der Waals surface area (Å²) in [5.41, 5.74) is 2.92. The van der Waals surface area contributed by atoms with Crippen molar-refractivity contribution in [1.29, 1.82) is 0 Å². The molecule has 2 saturated heterocycles. The first-order chi connectivity index (χ1) is 14.7. The lowest BCUT2D eigenvalue weighted by Crippen LogP contribution is -2.37. The summed E-state index contributed by atoms with van der Waals surface area (Å²) in [6.45, 7) is 20.1. The van der Waals surface area contributed by atoms with Gasteiger partial charge >= 0.3 is 6.09 Å². The Hall–Kier alpha value is -1.33. The van der Waals surface area contributed by atoms with E-state index < -0.39 is 0 Å². The summed E-state index contributed by atoms with van der Waals surface area (Å²) in [6, 6.07) is 0. The van der Waals surface area contributed by atoms with Gasteiger partial charge in [0.2, 0.25) is 0 Å². The molecule has 4 aliphatic rings. The Bertz CT molecular complexity index is 592. The maximum Gasteiger partial charge on any atom is 0.410 e. The second-order valence-electron chi connectivity index (χ2n) is 9.68. The Kier molecular flexibility index (Phi) is 11.9. The molecule has 0 aromatic heterocycles. The van der Waals surface area contributed by atoms with Crippen LogP contribution in [-0.2, 0) is 4.74 Å². The lowest BCUT2D eigenvalue weighted by Gasteiger charge is -2.28. The van der Waals surface area contributed by atoms with E-state index in [1.165, 1.54) is 32.4 Å². The average molecular weight is 436 g/mol. The number of ether oxygens (including phenoxy) is 1. The molecular weight excluding hydrogens is 386 g/mol. The molecule has 0 aromatic rings. The first-order valence-electron chi connectivity index (χ1n) is 12.4. The van der Waals surface area contributed by atoms with Crippen LogP contribution in [0.5, 0.6) is 0 Å². The van der Waals surface area contributed by atoms with Crippen LogP contribution < -0.4 is 0 Å². The topological polar surface area (TPSA) is 36.0 Å². The third kappa shape index (κ3) is 8.97. The lowest BCUT2D eigenvalue weighted by atomic mass is 9.92. The van der Waals surface area contributed by atoms with E-state index in [2.05, 4.69) is 36.0 Å². The Labute approximate surface area is 192 Å². The maximum atomic E-state index is 11.9. The van der Waals surface area contributed by atoms with Crippen molar-refractivity contribution in [3.05, 3.63) is 23.3 Å². The predicted molar refractivity (Wildman–Crippen MR) is 132 cm³/mol. The van der Waals surface area contributed by atoms with Gasteiger partial charge in [0.1, 0.15) is 5.60 Å². The molecule has 31 heavy (non-hydrogen) atoms. The zero-order valence-electron chi connectivity index (χ0n) is 21.8. The molecule has 1 amide bonds. The van der Waals surface area contributed by atoms with Crippen molar-refractivity contribution in [3.8, 4) is 0 Å². The van der Waals surface area contributed by atoms with Gasteiger partial charge in [-0.05, 0) is 71.5 Å². The van der Waals surface area contributed by atoms with Gasteiger partial charge in [0.15, 0.2) is 0 Å². The highest BCUT2D eigenvalue weighted by molar-refractivity contribution is 5.68. The number of hydrogen-bond donors (Lipinski definition) is 0. The number of likely N-dealkylation sites (tertiary alicyclic amines) is 2. The molecule has 3 heterocycles. The number of nitrogens with zero attached hydrogens (tertiary/aromatic N) is 3. The highest BCUT2D eigenvalue weighted by Gasteiger charge is 2.41. The Morgan fingerprint density at radius 2 is 1.52 bits per heavy atom. The van der Waals surface area contributed by atoms with Crippen LogP contribution in [0.1, 0.15) is 67.7 Å². The van der Waals surface area contributed by atoms with Crippen LogP contribution in [0, 0.1) is 11.8 Å². The molecule has 2 fully saturated rings. The number of fused-ring (bicyclic) bond motifs is 1. The first kappa shape index (κ1) is 27.7. The van der Waals surface area contributed by atoms with Crippen LogP contribution in [0.3, 0.4) is 0 Å². The van der Waals surface area contributed by atoms with E-state index in [9.17, 15) is 4.79 Å². The number of rotatable bonds is 0. The molecule has 0 radical (unpaired) electrons. The normalized spacial score (nSPS) is 25.3. The first-order valence-corrected chi connectivity index (χ1v) is 12.4. The lowest BCUT2D eigenvalue weighted by molar-refractivity contribution is 0.0276. The molecule has 0 N–H and O–H groups in total. The minimum Gasteiger partial charge on any atom is -0.444 e. The van der Waals surface area contributed by atoms with E-state index in [1.54, 1.807) is 11.1 Å². The SMILES string of the molecule is CC.CC.CN1CCC2=C(CCC=C2)C1.CN1C[C@@H]2CN(C(=O)OC(C)(C)C)C[C@@H]2C1. The smallest absolute Gasteiger partial charge is 0.410 e. The van der Waals surface area contributed by atoms with Gasteiger partial charge in [-0.3, -0.25) is 0 Å². The molecule has 3 aliphatic heterocycles. The van der Waals surface area contributed by atoms with E-state index in [-0.39, 0.29) is 11.7 Å². The fourth-order valence-electron chi connectivity index (χ4n) is 4.62. The van der Waals surface area contributed by atoms with Crippen LogP contribution >= 0.6 is 0 Å². The summed E-state index contributed by atoms with van der Waals surface area (Å²) >= 11 is 0. The number of amides is 1. The van der Waals surface area contributed by atoms with E-state index >= 15 is 0 Å². The average Bonchev–Trinajstić information content (AvgIpc) is 3.28. The number of hydrogen-bond acceptors (Lipinski definition) is 4. The molecule has 0 saturated carbocycles. The van der Waals surface area contributed by atoms with Gasteiger partial charge in [0.05, 0.1) is 0 Å². The minimum absolute atomic E-state index is 0.149. The molecule has 0 bridgehead atoms. The Morgan fingerprint density at radius 1 is 0.935 bits per heavy atom. The van der Waals surface area contributed by atoms with E-state index in [4.69, 9.17) is 4.74 Å². The molecule has 0 aromatic carbocycles. The molecule has 1 aliphatic carbocycles. The third-order valence-corrected chi connectivity index (χ3v) is 5.93. The molecule has 0 spiro atoms. The number of allylic oxidation sites excluding steroid dienone is 2. The van der Waals surface area contributed by atoms with Crippen molar-refractivity contribution >= 4 is 6.09 Å². The van der Waals surface area contributed by atoms with Crippen molar-refractivity contribution in [1.82, 2.24) is 14.7 Å². The summed E-state index contributed by atoms with van der Waals surface area (Å²) in [5.74, 6) is 1.30. The fourth-order valence-corrected chi connectivity index (χ4v) is 4.62. The van der Waals surface area contributed by atoms with Crippen LogP contribution in [0.15, 0.2) is 23.3 Å². The van der Waals surface area contributed by atoms with Gasteiger partial charge in [0, 0.05) is 39.3 Å². The van der Waals surface area contributed by atoms with E-state index in [1.807, 2.05) is 53.4 Å². The Morgan fingerprint density at radius 3 is 2.06 bits per heavy atom. The highest BCUT2D eigenvalue weighted by Crippen LogP contribution is 2.31. The monoisotopic (exact) mass is 435 g/mol. The van der Waals surface area contributed by atoms with Gasteiger partial charge in [-0.25, -0.2) is 4.79 Å². The zero-order chi connectivity index (χ0) is 23.6. The van der Waals surface area contributed by atoms with E-state index in [0.717, 1.165) is 26.2 Å². The quantitative estimate of drug-likeness (QED) is 0.508. The van der Waals surface area contributed by atoms with Crippen LogP contribution in [-0.4, -0.2) is 79.8 Å². The summed E-state index contributed by atoms with van der Waals surface area (Å²) in [7, 11) is 4.36. The van der Waals surface area contributed by atoms with Crippen molar-refractivity contribution < 1.29 is 9.53 Å². The largest absolute Gasteiger partial charge is 0.444 e. The second-order valence-corrected chi connectivity index (χ2v) is 9.68. The van der Waals surface area contributed by atoms with Crippen molar-refractivity contribution in [2.45, 2.75) is 73.3 Å². The predicted octanol–water partition coefficient (Wildman–Crippen LogP) is 5.44. The molecular formula is C26H49N3O2. The molecule has 5 heteroatoms. The van der Waals surface area contributed by atoms with Crippen LogP contribution in [0.2, 0.25) is 0 Å². The second kappa shape index (κ2) is 13.3. The zero-order valence-corrected chi connectivity index (χ0v) is 21.8. The maximum absolute atomic E-state index is 11.9. The molecule has 180 valence electrons. The van der Waals surface area contributed by atoms with Crippen LogP contribution in [0.25, 0.3) is 0 Å². The van der Waals surface area contributed by atoms with Gasteiger partial charge < -0.3 is 19.4 Å². The number of carbonyl (C=O) groups excluding carboxylic acids is 1. The van der Waals surface area contributed by atoms with Crippen LogP contribution in [0.4, 0.5) is 4.79 Å². The van der Waals surface area contributed by atoms with Gasteiger partial charge in [-0.15, -0.1) is 0 Å². The van der Waals surface area contributed by atoms with Gasteiger partial charge in [-0.1, -0.05) is 45.4 Å². The minimum atomic E-state index is -0.383. The standard InChI is InChI=1S/C12H22N2O2.C10H15N.2C2H6/c1-12(2,3)16-11(15)14-7-9-5-13(4)6-10(9)8-14;1-11-7-6-9-4-2-3-5-10(9)8-11;2*1-2/h9-10H,5-8H2,1-4H3;2,4H,3,5-8H2,1H3;2*1-2H3/t9-,10+;;;. The molecule has 0 unspecified atom stereocenters. The van der Waals surface area contributed by atoms with Gasteiger partial charge in [0.25, 0.3) is 0 Å². The summed E-state index contributed by atoms with van der Waals surface area (Å²) < 4.78 is 5.39. The molecule has 4 rings (SSSR count). The van der Waals surface area contributed by atoms with E-state index in [0.29, 0.717) is 11.8 Å². The highest BCUT2D eigenvalue weighted by atomic mass is 16.6. The summed E-state index contributed by atoms with van der Waals surface area (Å²) in [4.78, 5) is 18.5. The summed E-state index contributed by atoms with van der Waals surface area (Å²) in [6.07, 6.45) is 8.31.